The quantitative estimate of drug-likeness (QED) is 0.858. The number of nitrogens with zero attached hydrogens (tertiary/aromatic N) is 1. The summed E-state index contributed by atoms with van der Waals surface area (Å²) in [5.74, 6) is 1.62. The van der Waals surface area contributed by atoms with Crippen molar-refractivity contribution in [3.05, 3.63) is 23.8 Å². The topological polar surface area (TPSA) is 54.0 Å². The van der Waals surface area contributed by atoms with Gasteiger partial charge in [-0.1, -0.05) is 13.0 Å². The van der Waals surface area contributed by atoms with Crippen LogP contribution in [0.3, 0.4) is 0 Å². The lowest BCUT2D eigenvalue weighted by atomic mass is 9.92. The van der Waals surface area contributed by atoms with Crippen molar-refractivity contribution in [1.82, 2.24) is 10.2 Å². The molecule has 1 saturated heterocycles. The lowest BCUT2D eigenvalue weighted by Gasteiger charge is -2.39. The number of ether oxygens (including phenoxy) is 2. The number of benzene rings is 1. The number of nitrogens with one attached hydrogen (secondary N) is 1. The lowest BCUT2D eigenvalue weighted by Crippen LogP contribution is -2.53. The first-order valence-electron chi connectivity index (χ1n) is 7.72. The highest BCUT2D eigenvalue weighted by atomic mass is 16.7. The Bertz CT molecular complexity index is 494. The van der Waals surface area contributed by atoms with Gasteiger partial charge in [0.15, 0.2) is 11.5 Å². The van der Waals surface area contributed by atoms with Crippen LogP contribution in [0.15, 0.2) is 18.2 Å². The molecule has 3 rings (SSSR count). The summed E-state index contributed by atoms with van der Waals surface area (Å²) < 4.78 is 10.7. The van der Waals surface area contributed by atoms with Crippen LogP contribution in [-0.2, 0) is 6.54 Å². The van der Waals surface area contributed by atoms with E-state index in [1.807, 2.05) is 18.2 Å². The summed E-state index contributed by atoms with van der Waals surface area (Å²) in [6.45, 7) is 6.66. The first kappa shape index (κ1) is 14.6. The van der Waals surface area contributed by atoms with E-state index in [-0.39, 0.29) is 0 Å². The van der Waals surface area contributed by atoms with Gasteiger partial charge in [-0.15, -0.1) is 0 Å². The summed E-state index contributed by atoms with van der Waals surface area (Å²) in [6, 6.07) is 5.97. The number of piperidine rings is 1. The predicted molar refractivity (Wildman–Crippen MR) is 80.6 cm³/mol. The van der Waals surface area contributed by atoms with Crippen LogP contribution in [0.4, 0.5) is 0 Å². The zero-order valence-electron chi connectivity index (χ0n) is 12.6. The molecule has 0 aromatic heterocycles. The standard InChI is InChI=1S/C16H24N2O3/c1-2-18-7-3-6-16(19,11-18)10-17-9-13-4-5-14-15(8-13)21-12-20-14/h4-5,8,17,19H,2-3,6-7,9-12H2,1H3/t16-/m0/s1. The second-order valence-corrected chi connectivity index (χ2v) is 5.99. The number of hydrogen-bond donors (Lipinski definition) is 2. The molecule has 1 atom stereocenters. The first-order valence-corrected chi connectivity index (χ1v) is 7.72. The molecule has 0 bridgehead atoms. The average molecular weight is 292 g/mol. The second-order valence-electron chi connectivity index (χ2n) is 5.99. The minimum atomic E-state index is -0.607. The second kappa shape index (κ2) is 6.22. The van der Waals surface area contributed by atoms with Crippen LogP contribution in [0.5, 0.6) is 11.5 Å². The molecule has 2 N–H and O–H groups in total. The van der Waals surface area contributed by atoms with Gasteiger partial charge in [-0.05, 0) is 43.6 Å². The van der Waals surface area contributed by atoms with Gasteiger partial charge in [0.2, 0.25) is 6.79 Å². The maximum absolute atomic E-state index is 10.7. The van der Waals surface area contributed by atoms with Gasteiger partial charge in [0.05, 0.1) is 5.60 Å². The number of aliphatic hydroxyl groups is 1. The number of fused-ring (bicyclic) bond motifs is 1. The molecule has 2 heterocycles. The van der Waals surface area contributed by atoms with Gasteiger partial charge in [-0.25, -0.2) is 0 Å². The van der Waals surface area contributed by atoms with E-state index in [0.717, 1.165) is 56.1 Å². The van der Waals surface area contributed by atoms with Crippen molar-refractivity contribution >= 4 is 0 Å². The lowest BCUT2D eigenvalue weighted by molar-refractivity contribution is -0.0279. The first-order chi connectivity index (χ1) is 10.2. The summed E-state index contributed by atoms with van der Waals surface area (Å²) in [5, 5.41) is 14.0. The number of likely N-dealkylation sites (N-methyl/N-ethyl adjacent to an activating group) is 1. The van der Waals surface area contributed by atoms with Gasteiger partial charge >= 0.3 is 0 Å². The van der Waals surface area contributed by atoms with Crippen molar-refractivity contribution in [1.29, 1.82) is 0 Å². The maximum Gasteiger partial charge on any atom is 0.231 e. The van der Waals surface area contributed by atoms with Crippen molar-refractivity contribution in [3.63, 3.8) is 0 Å². The molecule has 116 valence electrons. The van der Waals surface area contributed by atoms with Crippen molar-refractivity contribution in [2.24, 2.45) is 0 Å². The summed E-state index contributed by atoms with van der Waals surface area (Å²) >= 11 is 0. The molecule has 1 aromatic rings. The predicted octanol–water partition coefficient (Wildman–Crippen LogP) is 1.35. The van der Waals surface area contributed by atoms with Gasteiger partial charge in [0.25, 0.3) is 0 Å². The molecule has 0 amide bonds. The number of rotatable bonds is 5. The molecule has 5 nitrogen and oxygen atoms in total. The number of β-amino-alcohol motifs (C(OH)–C–C–N with tert-alkyl or cyclic N) is 1. The molecule has 5 heteroatoms. The van der Waals surface area contributed by atoms with E-state index < -0.39 is 5.60 Å². The van der Waals surface area contributed by atoms with Gasteiger partial charge < -0.3 is 24.8 Å². The highest BCUT2D eigenvalue weighted by Gasteiger charge is 2.32. The van der Waals surface area contributed by atoms with Crippen LogP contribution >= 0.6 is 0 Å². The largest absolute Gasteiger partial charge is 0.454 e. The monoisotopic (exact) mass is 292 g/mol. The normalized spacial score (nSPS) is 25.2. The van der Waals surface area contributed by atoms with Crippen molar-refractivity contribution in [3.8, 4) is 11.5 Å². The van der Waals surface area contributed by atoms with E-state index >= 15 is 0 Å². The molecular formula is C16H24N2O3. The zero-order valence-corrected chi connectivity index (χ0v) is 12.6. The highest BCUT2D eigenvalue weighted by Crippen LogP contribution is 2.32. The van der Waals surface area contributed by atoms with Crippen LogP contribution < -0.4 is 14.8 Å². The summed E-state index contributed by atoms with van der Waals surface area (Å²) in [5.41, 5.74) is 0.538. The molecular weight excluding hydrogens is 268 g/mol. The van der Waals surface area contributed by atoms with E-state index in [0.29, 0.717) is 13.3 Å². The minimum absolute atomic E-state index is 0.304. The van der Waals surface area contributed by atoms with Crippen LogP contribution in [0, 0.1) is 0 Å². The Morgan fingerprint density at radius 3 is 3.05 bits per heavy atom. The number of likely N-dealkylation sites (tertiary alicyclic amines) is 1. The van der Waals surface area contributed by atoms with Crippen LogP contribution in [0.1, 0.15) is 25.3 Å². The van der Waals surface area contributed by atoms with Crippen molar-refractivity contribution < 1.29 is 14.6 Å². The SMILES string of the molecule is CCN1CCC[C@](O)(CNCc2ccc3c(c2)OCO3)C1. The van der Waals surface area contributed by atoms with E-state index in [1.165, 1.54) is 0 Å². The Kier molecular flexibility index (Phi) is 4.33. The third kappa shape index (κ3) is 3.48. The average Bonchev–Trinajstić information content (AvgIpc) is 2.94. The van der Waals surface area contributed by atoms with E-state index in [9.17, 15) is 5.11 Å². The fourth-order valence-corrected chi connectivity index (χ4v) is 3.11. The molecule has 21 heavy (non-hydrogen) atoms. The van der Waals surface area contributed by atoms with E-state index in [2.05, 4.69) is 17.1 Å². The van der Waals surface area contributed by atoms with Crippen LogP contribution in [0.25, 0.3) is 0 Å². The van der Waals surface area contributed by atoms with Gasteiger partial charge in [-0.2, -0.15) is 0 Å². The fraction of sp³-hybridized carbons (Fsp3) is 0.625. The van der Waals surface area contributed by atoms with Crippen LogP contribution in [0.2, 0.25) is 0 Å². The van der Waals surface area contributed by atoms with Crippen molar-refractivity contribution in [2.75, 3.05) is 33.0 Å². The number of hydrogen-bond acceptors (Lipinski definition) is 5. The van der Waals surface area contributed by atoms with E-state index in [4.69, 9.17) is 9.47 Å². The fourth-order valence-electron chi connectivity index (χ4n) is 3.11. The third-order valence-corrected chi connectivity index (χ3v) is 4.30. The highest BCUT2D eigenvalue weighted by molar-refractivity contribution is 5.44. The molecule has 0 radical (unpaired) electrons. The van der Waals surface area contributed by atoms with Crippen LogP contribution in [-0.4, -0.2) is 48.6 Å². The van der Waals surface area contributed by atoms with Gasteiger partial charge in [0.1, 0.15) is 0 Å². The Morgan fingerprint density at radius 2 is 2.19 bits per heavy atom. The Morgan fingerprint density at radius 1 is 1.33 bits per heavy atom. The molecule has 0 saturated carbocycles. The Balaban J connectivity index is 1.51. The molecule has 1 fully saturated rings. The minimum Gasteiger partial charge on any atom is -0.454 e. The molecule has 2 aliphatic heterocycles. The maximum atomic E-state index is 10.7. The summed E-state index contributed by atoms with van der Waals surface area (Å²) in [4.78, 5) is 2.31. The van der Waals surface area contributed by atoms with Gasteiger partial charge in [0, 0.05) is 19.6 Å². The molecule has 2 aliphatic rings. The Hall–Kier alpha value is -1.30. The molecule has 0 aliphatic carbocycles. The third-order valence-electron chi connectivity index (χ3n) is 4.30. The van der Waals surface area contributed by atoms with Gasteiger partial charge in [-0.3, -0.25) is 0 Å². The van der Waals surface area contributed by atoms with E-state index in [1.54, 1.807) is 0 Å². The molecule has 0 spiro atoms. The Labute approximate surface area is 125 Å². The summed E-state index contributed by atoms with van der Waals surface area (Å²) in [7, 11) is 0. The van der Waals surface area contributed by atoms with Crippen molar-refractivity contribution in [2.45, 2.75) is 31.9 Å². The molecule has 0 unspecified atom stereocenters. The molecule has 1 aromatic carbocycles. The summed E-state index contributed by atoms with van der Waals surface area (Å²) in [6.07, 6.45) is 1.94. The smallest absolute Gasteiger partial charge is 0.231 e. The zero-order chi connectivity index (χ0) is 14.7.